The van der Waals surface area contributed by atoms with Crippen LogP contribution in [0.25, 0.3) is 0 Å². The molecule has 1 unspecified atom stereocenters. The number of amides is 1. The summed E-state index contributed by atoms with van der Waals surface area (Å²) in [5.74, 6) is -0.409. The fourth-order valence-corrected chi connectivity index (χ4v) is 3.99. The first-order chi connectivity index (χ1) is 12.9. The van der Waals surface area contributed by atoms with Crippen LogP contribution in [0.2, 0.25) is 0 Å². The minimum Gasteiger partial charge on any atom is -0.342 e. The number of benzene rings is 1. The third-order valence-corrected chi connectivity index (χ3v) is 5.83. The molecule has 1 aromatic carbocycles. The molecule has 3 N–H and O–H groups in total. The van der Waals surface area contributed by atoms with Crippen LogP contribution in [0.15, 0.2) is 48.8 Å². The zero-order valence-corrected chi connectivity index (χ0v) is 16.2. The molecule has 1 amide bonds. The average Bonchev–Trinajstić information content (AvgIpc) is 2.68. The Bertz CT molecular complexity index is 870. The predicted octanol–water partition coefficient (Wildman–Crippen LogP) is 2.13. The third-order valence-electron chi connectivity index (χ3n) is 4.52. The van der Waals surface area contributed by atoms with E-state index in [1.165, 1.54) is 24.3 Å². The Morgan fingerprint density at radius 3 is 2.59 bits per heavy atom. The topological polar surface area (TPSA) is 103 Å². The Morgan fingerprint density at radius 2 is 1.96 bits per heavy atom. The van der Waals surface area contributed by atoms with Gasteiger partial charge in [0.25, 0.3) is 5.91 Å². The molecule has 0 saturated carbocycles. The first-order valence-corrected chi connectivity index (χ1v) is 10.6. The van der Waals surface area contributed by atoms with Gasteiger partial charge in [0.15, 0.2) is 5.11 Å². The zero-order valence-electron chi connectivity index (χ0n) is 14.5. The summed E-state index contributed by atoms with van der Waals surface area (Å²) < 4.78 is 11.2. The highest BCUT2D eigenvalue weighted by molar-refractivity contribution is 7.80. The molecule has 1 aromatic heterocycles. The second-order valence-electron chi connectivity index (χ2n) is 6.34. The van der Waals surface area contributed by atoms with Gasteiger partial charge in [-0.15, -0.1) is 0 Å². The van der Waals surface area contributed by atoms with Gasteiger partial charge in [0.1, 0.15) is 0 Å². The lowest BCUT2D eigenvalue weighted by Gasteiger charge is -2.37. The van der Waals surface area contributed by atoms with Gasteiger partial charge in [-0.25, -0.2) is 0 Å². The SMILES string of the molecule is O=C(NC(=S)N1CCCCC1c1cccnc1)c1ccc(P(=O)(O)O)cc1. The Labute approximate surface area is 162 Å². The van der Waals surface area contributed by atoms with E-state index >= 15 is 0 Å². The fraction of sp³-hybridized carbons (Fsp3) is 0.278. The molecule has 0 bridgehead atoms. The molecule has 9 heteroatoms. The molecule has 3 rings (SSSR count). The highest BCUT2D eigenvalue weighted by atomic mass is 32.1. The highest BCUT2D eigenvalue weighted by Crippen LogP contribution is 2.33. The first-order valence-electron chi connectivity index (χ1n) is 8.54. The molecule has 7 nitrogen and oxygen atoms in total. The van der Waals surface area contributed by atoms with Crippen LogP contribution in [0, 0.1) is 0 Å². The maximum Gasteiger partial charge on any atom is 0.356 e. The minimum absolute atomic E-state index is 0.0669. The van der Waals surface area contributed by atoms with Crippen molar-refractivity contribution in [2.24, 2.45) is 0 Å². The number of thiocarbonyl (C=S) groups is 1. The molecular formula is C18H20N3O4PS. The van der Waals surface area contributed by atoms with E-state index in [9.17, 15) is 9.36 Å². The van der Waals surface area contributed by atoms with Gasteiger partial charge in [0, 0.05) is 24.5 Å². The van der Waals surface area contributed by atoms with Crippen molar-refractivity contribution in [3.05, 3.63) is 59.9 Å². The number of rotatable bonds is 3. The quantitative estimate of drug-likeness (QED) is 0.531. The van der Waals surface area contributed by atoms with Crippen LogP contribution in [0.3, 0.4) is 0 Å². The molecule has 27 heavy (non-hydrogen) atoms. The summed E-state index contributed by atoms with van der Waals surface area (Å²) in [5, 5.41) is 2.94. The third kappa shape index (κ3) is 4.78. The number of piperidine rings is 1. The summed E-state index contributed by atoms with van der Waals surface area (Å²) in [6.07, 6.45) is 6.53. The Morgan fingerprint density at radius 1 is 1.22 bits per heavy atom. The molecule has 0 aliphatic carbocycles. The minimum atomic E-state index is -4.33. The Kier molecular flexibility index (Phi) is 6.01. The van der Waals surface area contributed by atoms with Crippen LogP contribution in [0.4, 0.5) is 0 Å². The summed E-state index contributed by atoms with van der Waals surface area (Å²) in [7, 11) is -4.33. The predicted molar refractivity (Wildman–Crippen MR) is 106 cm³/mol. The van der Waals surface area contributed by atoms with Crippen LogP contribution in [0.5, 0.6) is 0 Å². The maximum absolute atomic E-state index is 12.5. The Hall–Kier alpha value is -2.12. The van der Waals surface area contributed by atoms with Crippen LogP contribution < -0.4 is 10.6 Å². The van der Waals surface area contributed by atoms with E-state index in [4.69, 9.17) is 22.0 Å². The number of carbonyl (C=O) groups is 1. The number of pyridine rings is 1. The van der Waals surface area contributed by atoms with E-state index in [0.29, 0.717) is 5.11 Å². The van der Waals surface area contributed by atoms with E-state index < -0.39 is 13.5 Å². The molecular weight excluding hydrogens is 385 g/mol. The number of hydrogen-bond donors (Lipinski definition) is 3. The summed E-state index contributed by atoms with van der Waals surface area (Å²) in [6.45, 7) is 0.746. The van der Waals surface area contributed by atoms with Gasteiger partial charge < -0.3 is 14.7 Å². The monoisotopic (exact) mass is 405 g/mol. The van der Waals surface area contributed by atoms with Gasteiger partial charge in [-0.1, -0.05) is 6.07 Å². The lowest BCUT2D eigenvalue weighted by Crippen LogP contribution is -2.46. The number of hydrogen-bond acceptors (Lipinski definition) is 4. The summed E-state index contributed by atoms with van der Waals surface area (Å²) in [5.41, 5.74) is 1.34. The van der Waals surface area contributed by atoms with Crippen molar-refractivity contribution in [1.29, 1.82) is 0 Å². The lowest BCUT2D eigenvalue weighted by molar-refractivity contribution is 0.0969. The van der Waals surface area contributed by atoms with Crippen LogP contribution in [0.1, 0.15) is 41.2 Å². The lowest BCUT2D eigenvalue weighted by atomic mass is 9.97. The van der Waals surface area contributed by atoms with Crippen molar-refractivity contribution in [2.45, 2.75) is 25.3 Å². The van der Waals surface area contributed by atoms with Gasteiger partial charge in [0.2, 0.25) is 0 Å². The van der Waals surface area contributed by atoms with Crippen LogP contribution >= 0.6 is 19.8 Å². The van der Waals surface area contributed by atoms with Crippen molar-refractivity contribution in [1.82, 2.24) is 15.2 Å². The smallest absolute Gasteiger partial charge is 0.342 e. The van der Waals surface area contributed by atoms with Crippen molar-refractivity contribution in [3.63, 3.8) is 0 Å². The van der Waals surface area contributed by atoms with Gasteiger partial charge in [-0.2, -0.15) is 0 Å². The molecule has 1 atom stereocenters. The van der Waals surface area contributed by atoms with Gasteiger partial charge in [0.05, 0.1) is 11.3 Å². The number of likely N-dealkylation sites (tertiary alicyclic amines) is 1. The van der Waals surface area contributed by atoms with Gasteiger partial charge in [-0.3, -0.25) is 19.7 Å². The van der Waals surface area contributed by atoms with Gasteiger partial charge >= 0.3 is 7.60 Å². The van der Waals surface area contributed by atoms with Crippen molar-refractivity contribution in [2.75, 3.05) is 6.54 Å². The van der Waals surface area contributed by atoms with E-state index in [2.05, 4.69) is 10.3 Å². The van der Waals surface area contributed by atoms with E-state index in [-0.39, 0.29) is 16.9 Å². The van der Waals surface area contributed by atoms with Crippen molar-refractivity contribution in [3.8, 4) is 0 Å². The fourth-order valence-electron chi connectivity index (χ4n) is 3.14. The normalized spacial score (nSPS) is 17.4. The van der Waals surface area contributed by atoms with E-state index in [1.807, 2.05) is 23.2 Å². The number of carbonyl (C=O) groups excluding carboxylic acids is 1. The van der Waals surface area contributed by atoms with E-state index in [1.54, 1.807) is 6.20 Å². The number of nitrogens with zero attached hydrogens (tertiary/aromatic N) is 2. The van der Waals surface area contributed by atoms with Crippen LogP contribution in [-0.4, -0.2) is 37.2 Å². The molecule has 1 fully saturated rings. The largest absolute Gasteiger partial charge is 0.356 e. The van der Waals surface area contributed by atoms with Crippen molar-refractivity contribution < 1.29 is 19.1 Å². The highest BCUT2D eigenvalue weighted by Gasteiger charge is 2.27. The van der Waals surface area contributed by atoms with E-state index in [0.717, 1.165) is 31.4 Å². The first kappa shape index (κ1) is 19.6. The summed E-state index contributed by atoms with van der Waals surface area (Å²) in [4.78, 5) is 36.9. The molecule has 2 heterocycles. The second kappa shape index (κ2) is 8.27. The zero-order chi connectivity index (χ0) is 19.4. The molecule has 2 aromatic rings. The second-order valence-corrected chi connectivity index (χ2v) is 8.33. The van der Waals surface area contributed by atoms with Gasteiger partial charge in [-0.05, 0) is 67.4 Å². The average molecular weight is 405 g/mol. The number of aromatic nitrogens is 1. The molecule has 1 aliphatic heterocycles. The summed E-state index contributed by atoms with van der Waals surface area (Å²) >= 11 is 5.46. The molecule has 0 radical (unpaired) electrons. The summed E-state index contributed by atoms with van der Waals surface area (Å²) in [6, 6.07) is 9.20. The standard InChI is InChI=1S/C18H20N3O4PS/c22-17(13-6-8-15(9-7-13)26(23,24)25)20-18(27)21-11-2-1-5-16(21)14-4-3-10-19-12-14/h3-4,6-10,12,16H,1-2,5,11H2,(H,20,22,27)(H2,23,24,25). The number of nitrogens with one attached hydrogen (secondary N) is 1. The van der Waals surface area contributed by atoms with Crippen molar-refractivity contribution >= 4 is 36.1 Å². The molecule has 0 spiro atoms. The Balaban J connectivity index is 1.71. The molecule has 1 aliphatic rings. The molecule has 142 valence electrons. The van der Waals surface area contributed by atoms with Crippen LogP contribution in [-0.2, 0) is 4.57 Å². The molecule has 1 saturated heterocycles. The maximum atomic E-state index is 12.5.